The van der Waals surface area contributed by atoms with Crippen LogP contribution in [-0.4, -0.2) is 32.3 Å². The number of nitriles is 1. The van der Waals surface area contributed by atoms with E-state index < -0.39 is 23.3 Å². The van der Waals surface area contributed by atoms with E-state index in [1.807, 2.05) is 18.2 Å². The van der Waals surface area contributed by atoms with Crippen LogP contribution in [0.15, 0.2) is 35.4 Å². The second kappa shape index (κ2) is 8.05. The third kappa shape index (κ3) is 3.05. The van der Waals surface area contributed by atoms with Gasteiger partial charge in [0.2, 0.25) is 0 Å². The van der Waals surface area contributed by atoms with Crippen LogP contribution in [0.5, 0.6) is 5.75 Å². The predicted octanol–water partition coefficient (Wildman–Crippen LogP) is 3.14. The van der Waals surface area contributed by atoms with Gasteiger partial charge in [0.25, 0.3) is 0 Å². The molecular weight excluding hydrogens is 334 g/mol. The van der Waals surface area contributed by atoms with E-state index in [1.54, 1.807) is 26.8 Å². The lowest BCUT2D eigenvalue weighted by atomic mass is 9.53. The minimum Gasteiger partial charge on any atom is -0.496 e. The highest BCUT2D eigenvalue weighted by molar-refractivity contribution is 5.95. The topological polar surface area (TPSA) is 85.6 Å². The maximum atomic E-state index is 12.8. The zero-order valence-electron chi connectivity index (χ0n) is 15.5. The fraction of sp³-hybridized carbons (Fsp3) is 0.450. The molecule has 0 saturated heterocycles. The molecule has 0 aliphatic heterocycles. The number of esters is 2. The molecule has 2 atom stereocenters. The smallest absolute Gasteiger partial charge is 0.333 e. The maximum absolute atomic E-state index is 12.8. The van der Waals surface area contributed by atoms with Gasteiger partial charge in [-0.25, -0.2) is 9.59 Å². The molecule has 0 heterocycles. The molecule has 0 N–H and O–H groups in total. The van der Waals surface area contributed by atoms with Crippen molar-refractivity contribution >= 4 is 11.9 Å². The number of nitrogens with zero attached hydrogens (tertiary/aromatic N) is 1. The molecule has 1 aromatic rings. The molecule has 2 unspecified atom stereocenters. The summed E-state index contributed by atoms with van der Waals surface area (Å²) in [6, 6.07) is 9.38. The number of rotatable bonds is 6. The van der Waals surface area contributed by atoms with Crippen LogP contribution in [0.2, 0.25) is 0 Å². The van der Waals surface area contributed by atoms with Crippen molar-refractivity contribution in [3.8, 4) is 11.8 Å². The molecule has 6 nitrogen and oxygen atoms in total. The monoisotopic (exact) mass is 357 g/mol. The number of hydrogen-bond donors (Lipinski definition) is 0. The van der Waals surface area contributed by atoms with Gasteiger partial charge in [-0.05, 0) is 38.8 Å². The summed E-state index contributed by atoms with van der Waals surface area (Å²) in [4.78, 5) is 24.9. The van der Waals surface area contributed by atoms with Gasteiger partial charge in [-0.3, -0.25) is 0 Å². The van der Waals surface area contributed by atoms with Gasteiger partial charge in [0.15, 0.2) is 5.41 Å². The van der Waals surface area contributed by atoms with Crippen LogP contribution in [0, 0.1) is 16.7 Å². The summed E-state index contributed by atoms with van der Waals surface area (Å²) >= 11 is 0. The van der Waals surface area contributed by atoms with E-state index in [0.717, 1.165) is 5.56 Å². The second-order valence-corrected chi connectivity index (χ2v) is 5.96. The zero-order chi connectivity index (χ0) is 19.3. The minimum atomic E-state index is -1.55. The van der Waals surface area contributed by atoms with Gasteiger partial charge >= 0.3 is 11.9 Å². The fourth-order valence-corrected chi connectivity index (χ4v) is 3.41. The fourth-order valence-electron chi connectivity index (χ4n) is 3.41. The van der Waals surface area contributed by atoms with Crippen LogP contribution >= 0.6 is 0 Å². The Labute approximate surface area is 153 Å². The lowest BCUT2D eigenvalue weighted by Gasteiger charge is -2.46. The minimum absolute atomic E-state index is 0.145. The van der Waals surface area contributed by atoms with Gasteiger partial charge in [-0.15, -0.1) is 0 Å². The molecule has 6 heteroatoms. The van der Waals surface area contributed by atoms with E-state index >= 15 is 0 Å². The molecule has 1 aliphatic rings. The number of hydrogen-bond acceptors (Lipinski definition) is 6. The molecule has 0 bridgehead atoms. The summed E-state index contributed by atoms with van der Waals surface area (Å²) in [5.41, 5.74) is -0.0768. The highest BCUT2D eigenvalue weighted by atomic mass is 16.5. The third-order valence-corrected chi connectivity index (χ3v) is 4.73. The van der Waals surface area contributed by atoms with Gasteiger partial charge in [0.05, 0.1) is 26.4 Å². The average Bonchev–Trinajstić information content (AvgIpc) is 2.62. The van der Waals surface area contributed by atoms with Gasteiger partial charge in [0.1, 0.15) is 5.75 Å². The van der Waals surface area contributed by atoms with Crippen molar-refractivity contribution in [3.05, 3.63) is 41.0 Å². The predicted molar refractivity (Wildman–Crippen MR) is 94.4 cm³/mol. The Balaban J connectivity index is 2.59. The Bertz CT molecular complexity index is 777. The summed E-state index contributed by atoms with van der Waals surface area (Å²) in [7, 11) is 1.54. The first-order chi connectivity index (χ1) is 12.5. The summed E-state index contributed by atoms with van der Waals surface area (Å²) < 4.78 is 15.6. The van der Waals surface area contributed by atoms with Crippen LogP contribution < -0.4 is 4.74 Å². The molecule has 138 valence electrons. The molecule has 1 aromatic carbocycles. The lowest BCUT2D eigenvalue weighted by Crippen LogP contribution is -2.48. The van der Waals surface area contributed by atoms with Gasteiger partial charge in [0, 0.05) is 17.1 Å². The number of carbonyl (C=O) groups is 2. The van der Waals surface area contributed by atoms with E-state index in [4.69, 9.17) is 14.2 Å². The Kier molecular flexibility index (Phi) is 6.04. The number of para-hydroxylation sites is 1. The summed E-state index contributed by atoms with van der Waals surface area (Å²) in [5.74, 6) is -1.04. The normalized spacial score (nSPS) is 23.3. The third-order valence-electron chi connectivity index (χ3n) is 4.73. The summed E-state index contributed by atoms with van der Waals surface area (Å²) in [6.07, 6.45) is 0.386. The number of carbonyl (C=O) groups excluding carboxylic acids is 2. The molecule has 1 saturated carbocycles. The average molecular weight is 357 g/mol. The van der Waals surface area contributed by atoms with E-state index in [2.05, 4.69) is 6.07 Å². The zero-order valence-corrected chi connectivity index (χ0v) is 15.5. The van der Waals surface area contributed by atoms with Crippen molar-refractivity contribution < 1.29 is 23.8 Å². The number of benzene rings is 1. The van der Waals surface area contributed by atoms with Gasteiger partial charge < -0.3 is 14.2 Å². The molecule has 0 radical (unpaired) electrons. The molecule has 26 heavy (non-hydrogen) atoms. The molecule has 1 fully saturated rings. The van der Waals surface area contributed by atoms with Crippen molar-refractivity contribution in [3.63, 3.8) is 0 Å². The van der Waals surface area contributed by atoms with E-state index in [0.29, 0.717) is 17.7 Å². The molecule has 0 spiro atoms. The molecule has 0 aromatic heterocycles. The number of methoxy groups -OCH3 is 1. The molecular formula is C20H23NO5. The lowest BCUT2D eigenvalue weighted by molar-refractivity contribution is -0.153. The highest BCUT2D eigenvalue weighted by Crippen LogP contribution is 2.60. The van der Waals surface area contributed by atoms with E-state index in [1.165, 1.54) is 7.11 Å². The maximum Gasteiger partial charge on any atom is 0.333 e. The first-order valence-electron chi connectivity index (χ1n) is 8.56. The Hall–Kier alpha value is -2.81. The first-order valence-corrected chi connectivity index (χ1v) is 8.56. The largest absolute Gasteiger partial charge is 0.496 e. The molecule has 0 amide bonds. The molecule has 1 aliphatic carbocycles. The Morgan fingerprint density at radius 2 is 1.88 bits per heavy atom. The van der Waals surface area contributed by atoms with Crippen LogP contribution in [0.4, 0.5) is 0 Å². The van der Waals surface area contributed by atoms with Crippen molar-refractivity contribution in [1.82, 2.24) is 0 Å². The van der Waals surface area contributed by atoms with Crippen molar-refractivity contribution in [2.45, 2.75) is 33.1 Å². The standard InChI is InChI=1S/C20H23NO5/c1-5-25-18(22)13(3)15-11-16(14-9-7-8-10-17(14)24-4)20(15,12-21)19(23)26-6-2/h7-10,16H,5-6,11H2,1-4H3/b15-13+. The van der Waals surface area contributed by atoms with Crippen LogP contribution in [-0.2, 0) is 19.1 Å². The van der Waals surface area contributed by atoms with Crippen LogP contribution in [0.3, 0.4) is 0 Å². The quantitative estimate of drug-likeness (QED) is 0.574. The highest BCUT2D eigenvalue weighted by Gasteiger charge is 2.61. The second-order valence-electron chi connectivity index (χ2n) is 5.96. The summed E-state index contributed by atoms with van der Waals surface area (Å²) in [6.45, 7) is 5.33. The summed E-state index contributed by atoms with van der Waals surface area (Å²) in [5, 5.41) is 9.98. The Morgan fingerprint density at radius 1 is 1.23 bits per heavy atom. The van der Waals surface area contributed by atoms with Crippen LogP contribution in [0.1, 0.15) is 38.7 Å². The van der Waals surface area contributed by atoms with Gasteiger partial charge in [-0.2, -0.15) is 5.26 Å². The van der Waals surface area contributed by atoms with Crippen molar-refractivity contribution in [2.75, 3.05) is 20.3 Å². The van der Waals surface area contributed by atoms with E-state index in [9.17, 15) is 14.9 Å². The van der Waals surface area contributed by atoms with Crippen molar-refractivity contribution in [2.24, 2.45) is 5.41 Å². The first kappa shape index (κ1) is 19.5. The van der Waals surface area contributed by atoms with Crippen LogP contribution in [0.25, 0.3) is 0 Å². The number of ether oxygens (including phenoxy) is 3. The Morgan fingerprint density at radius 3 is 2.46 bits per heavy atom. The van der Waals surface area contributed by atoms with Crippen molar-refractivity contribution in [1.29, 1.82) is 5.26 Å². The SMILES string of the molecule is CCOC(=O)/C(C)=C1\CC(c2ccccc2OC)C1(C#N)C(=O)OCC. The van der Waals surface area contributed by atoms with E-state index in [-0.39, 0.29) is 18.8 Å². The van der Waals surface area contributed by atoms with Gasteiger partial charge in [-0.1, -0.05) is 18.2 Å². The molecule has 2 rings (SSSR count).